The second-order valence-electron chi connectivity index (χ2n) is 5.17. The molecular weight excluding hydrogens is 305 g/mol. The highest BCUT2D eigenvalue weighted by Crippen LogP contribution is 2.28. The average molecular weight is 322 g/mol. The average Bonchev–Trinajstić information content (AvgIpc) is 2.63. The zero-order chi connectivity index (χ0) is 14.0. The van der Waals surface area contributed by atoms with Gasteiger partial charge in [0.1, 0.15) is 0 Å². The Morgan fingerprint density at radius 2 is 1.95 bits per heavy atom. The van der Waals surface area contributed by atoms with E-state index in [0.29, 0.717) is 29.3 Å². The van der Waals surface area contributed by atoms with Crippen molar-refractivity contribution in [3.63, 3.8) is 0 Å². The molecular formula is C13H17Cl2NO2S. The van der Waals surface area contributed by atoms with Crippen LogP contribution in [0.25, 0.3) is 0 Å². The van der Waals surface area contributed by atoms with Crippen molar-refractivity contribution in [1.82, 2.24) is 0 Å². The summed E-state index contributed by atoms with van der Waals surface area (Å²) in [7, 11) is -2.84. The minimum atomic E-state index is -2.84. The van der Waals surface area contributed by atoms with E-state index in [4.69, 9.17) is 28.9 Å². The zero-order valence-electron chi connectivity index (χ0n) is 10.5. The lowest BCUT2D eigenvalue weighted by Gasteiger charge is -2.17. The van der Waals surface area contributed by atoms with Gasteiger partial charge in [0.2, 0.25) is 0 Å². The maximum absolute atomic E-state index is 11.4. The predicted molar refractivity (Wildman–Crippen MR) is 79.5 cm³/mol. The van der Waals surface area contributed by atoms with Gasteiger partial charge < -0.3 is 5.73 Å². The molecule has 1 aliphatic rings. The predicted octanol–water partition coefficient (Wildman–Crippen LogP) is 2.69. The number of halogens is 2. The summed E-state index contributed by atoms with van der Waals surface area (Å²) in [6.45, 7) is 0. The van der Waals surface area contributed by atoms with Crippen LogP contribution in [0, 0.1) is 5.92 Å². The fourth-order valence-electron chi connectivity index (χ4n) is 2.56. The Morgan fingerprint density at radius 3 is 2.47 bits per heavy atom. The van der Waals surface area contributed by atoms with Crippen molar-refractivity contribution >= 4 is 33.0 Å². The molecule has 1 saturated heterocycles. The summed E-state index contributed by atoms with van der Waals surface area (Å²) >= 11 is 12.2. The quantitative estimate of drug-likeness (QED) is 0.927. The van der Waals surface area contributed by atoms with Crippen molar-refractivity contribution in [2.45, 2.75) is 25.3 Å². The van der Waals surface area contributed by atoms with E-state index < -0.39 is 9.84 Å². The van der Waals surface area contributed by atoms with Gasteiger partial charge in [-0.1, -0.05) is 29.3 Å². The van der Waals surface area contributed by atoms with Gasteiger partial charge in [0.05, 0.1) is 11.5 Å². The van der Waals surface area contributed by atoms with Crippen molar-refractivity contribution in [2.75, 3.05) is 11.5 Å². The molecule has 0 bridgehead atoms. The standard InChI is InChI=1S/C13H17Cl2NO2S/c14-12-2-1-3-13(15)11(12)7-10(16)6-9-4-5-19(17,18)8-9/h1-3,9-10H,4-8,16H2. The van der Waals surface area contributed by atoms with Crippen LogP contribution in [0.1, 0.15) is 18.4 Å². The molecule has 2 N–H and O–H groups in total. The van der Waals surface area contributed by atoms with E-state index in [-0.39, 0.29) is 23.5 Å². The van der Waals surface area contributed by atoms with Gasteiger partial charge in [-0.15, -0.1) is 0 Å². The molecule has 19 heavy (non-hydrogen) atoms. The molecule has 1 fully saturated rings. The second kappa shape index (κ2) is 6.00. The van der Waals surface area contributed by atoms with E-state index in [1.54, 1.807) is 18.2 Å². The van der Waals surface area contributed by atoms with Crippen molar-refractivity contribution in [1.29, 1.82) is 0 Å². The highest BCUT2D eigenvalue weighted by Gasteiger charge is 2.29. The van der Waals surface area contributed by atoms with Crippen LogP contribution in [0.3, 0.4) is 0 Å². The molecule has 2 unspecified atom stereocenters. The number of hydrogen-bond acceptors (Lipinski definition) is 3. The van der Waals surface area contributed by atoms with Crippen molar-refractivity contribution in [3.05, 3.63) is 33.8 Å². The van der Waals surface area contributed by atoms with Crippen LogP contribution in [0.15, 0.2) is 18.2 Å². The van der Waals surface area contributed by atoms with Gasteiger partial charge in [0, 0.05) is 16.1 Å². The number of rotatable bonds is 4. The molecule has 1 aromatic carbocycles. The van der Waals surface area contributed by atoms with E-state index >= 15 is 0 Å². The molecule has 106 valence electrons. The summed E-state index contributed by atoms with van der Waals surface area (Å²) in [6, 6.07) is 5.25. The Morgan fingerprint density at radius 1 is 1.32 bits per heavy atom. The number of sulfone groups is 1. The van der Waals surface area contributed by atoms with Crippen LogP contribution in [0.4, 0.5) is 0 Å². The van der Waals surface area contributed by atoms with Crippen LogP contribution in [-0.2, 0) is 16.3 Å². The third-order valence-corrected chi connectivity index (χ3v) is 6.04. The van der Waals surface area contributed by atoms with E-state index in [9.17, 15) is 8.42 Å². The highest BCUT2D eigenvalue weighted by molar-refractivity contribution is 7.91. The van der Waals surface area contributed by atoms with Crippen molar-refractivity contribution in [2.24, 2.45) is 11.7 Å². The van der Waals surface area contributed by atoms with Crippen molar-refractivity contribution in [3.8, 4) is 0 Å². The van der Waals surface area contributed by atoms with Crippen LogP contribution in [-0.4, -0.2) is 26.0 Å². The molecule has 0 spiro atoms. The summed E-state index contributed by atoms with van der Waals surface area (Å²) in [5.41, 5.74) is 6.95. The molecule has 6 heteroatoms. The third-order valence-electron chi connectivity index (χ3n) is 3.49. The Labute approximate surface area is 124 Å². The van der Waals surface area contributed by atoms with Gasteiger partial charge >= 0.3 is 0 Å². The van der Waals surface area contributed by atoms with Crippen LogP contribution >= 0.6 is 23.2 Å². The molecule has 0 saturated carbocycles. The summed E-state index contributed by atoms with van der Waals surface area (Å²) in [6.07, 6.45) is 1.99. The number of benzene rings is 1. The lowest BCUT2D eigenvalue weighted by Crippen LogP contribution is -2.26. The van der Waals surface area contributed by atoms with Gasteiger partial charge in [-0.05, 0) is 42.9 Å². The largest absolute Gasteiger partial charge is 0.327 e. The first-order chi connectivity index (χ1) is 8.87. The van der Waals surface area contributed by atoms with E-state index in [0.717, 1.165) is 5.56 Å². The van der Waals surface area contributed by atoms with Gasteiger partial charge in [0.25, 0.3) is 0 Å². The maximum atomic E-state index is 11.4. The molecule has 2 rings (SSSR count). The Balaban J connectivity index is 1.97. The van der Waals surface area contributed by atoms with E-state index in [1.807, 2.05) is 0 Å². The number of hydrogen-bond donors (Lipinski definition) is 1. The molecule has 0 aliphatic carbocycles. The Bertz CT molecular complexity index is 540. The number of nitrogens with two attached hydrogens (primary N) is 1. The molecule has 1 aliphatic heterocycles. The lowest BCUT2D eigenvalue weighted by atomic mass is 9.95. The summed E-state index contributed by atoms with van der Waals surface area (Å²) < 4.78 is 22.8. The Kier molecular flexibility index (Phi) is 4.77. The maximum Gasteiger partial charge on any atom is 0.150 e. The van der Waals surface area contributed by atoms with Crippen LogP contribution < -0.4 is 5.73 Å². The Hall–Kier alpha value is -0.290. The first kappa shape index (κ1) is 15.1. The van der Waals surface area contributed by atoms with Crippen LogP contribution in [0.2, 0.25) is 10.0 Å². The normalized spacial score (nSPS) is 23.4. The minimum Gasteiger partial charge on any atom is -0.327 e. The third kappa shape index (κ3) is 4.09. The fourth-order valence-corrected chi connectivity index (χ4v) is 4.99. The monoisotopic (exact) mass is 321 g/mol. The minimum absolute atomic E-state index is 0.115. The van der Waals surface area contributed by atoms with E-state index in [2.05, 4.69) is 0 Å². The molecule has 1 heterocycles. The van der Waals surface area contributed by atoms with Gasteiger partial charge in [-0.25, -0.2) is 8.42 Å². The molecule has 0 radical (unpaired) electrons. The van der Waals surface area contributed by atoms with Gasteiger partial charge in [-0.2, -0.15) is 0 Å². The first-order valence-corrected chi connectivity index (χ1v) is 8.84. The van der Waals surface area contributed by atoms with Crippen LogP contribution in [0.5, 0.6) is 0 Å². The van der Waals surface area contributed by atoms with E-state index in [1.165, 1.54) is 0 Å². The van der Waals surface area contributed by atoms with Gasteiger partial charge in [-0.3, -0.25) is 0 Å². The summed E-state index contributed by atoms with van der Waals surface area (Å²) in [5, 5.41) is 1.23. The molecule has 2 atom stereocenters. The zero-order valence-corrected chi connectivity index (χ0v) is 12.8. The topological polar surface area (TPSA) is 60.2 Å². The summed E-state index contributed by atoms with van der Waals surface area (Å²) in [4.78, 5) is 0. The first-order valence-electron chi connectivity index (χ1n) is 6.26. The molecule has 0 aromatic heterocycles. The smallest absolute Gasteiger partial charge is 0.150 e. The fraction of sp³-hybridized carbons (Fsp3) is 0.538. The summed E-state index contributed by atoms with van der Waals surface area (Å²) in [5.74, 6) is 0.718. The molecule has 0 amide bonds. The SMILES string of the molecule is NC(Cc1c(Cl)cccc1Cl)CC1CCS(=O)(=O)C1. The molecule has 1 aromatic rings. The highest BCUT2D eigenvalue weighted by atomic mass is 35.5. The second-order valence-corrected chi connectivity index (χ2v) is 8.21. The lowest BCUT2D eigenvalue weighted by molar-refractivity contribution is 0.468. The van der Waals surface area contributed by atoms with Gasteiger partial charge in [0.15, 0.2) is 9.84 Å². The molecule has 3 nitrogen and oxygen atoms in total. The van der Waals surface area contributed by atoms with Crippen molar-refractivity contribution < 1.29 is 8.42 Å².